The van der Waals surface area contributed by atoms with Gasteiger partial charge in [0.2, 0.25) is 0 Å². The molecule has 0 atom stereocenters. The van der Waals surface area contributed by atoms with Crippen LogP contribution >= 0.6 is 23.1 Å². The number of nitrogens with zero attached hydrogens (tertiary/aromatic N) is 3. The first-order valence-electron chi connectivity index (χ1n) is 10.1. The van der Waals surface area contributed by atoms with Gasteiger partial charge in [-0.15, -0.1) is 11.8 Å². The Hall–Kier alpha value is -2.07. The summed E-state index contributed by atoms with van der Waals surface area (Å²) < 4.78 is 33.6. The Morgan fingerprint density at radius 2 is 1.97 bits per heavy atom. The number of thiazole rings is 1. The van der Waals surface area contributed by atoms with E-state index in [9.17, 15) is 13.6 Å². The molecule has 0 unspecified atom stereocenters. The zero-order valence-electron chi connectivity index (χ0n) is 17.1. The van der Waals surface area contributed by atoms with Crippen molar-refractivity contribution in [3.8, 4) is 0 Å². The van der Waals surface area contributed by atoms with E-state index < -0.39 is 11.6 Å². The second-order valence-corrected chi connectivity index (χ2v) is 9.11. The summed E-state index contributed by atoms with van der Waals surface area (Å²) in [5, 5.41) is 0.375. The lowest BCUT2D eigenvalue weighted by Crippen LogP contribution is -2.39. The Labute approximate surface area is 188 Å². The zero-order chi connectivity index (χ0) is 21.8. The molecule has 164 valence electrons. The predicted octanol–water partition coefficient (Wildman–Crippen LogP) is 4.67. The number of carbonyl (C=O) groups excluding carboxylic acids is 1. The van der Waals surface area contributed by atoms with Gasteiger partial charge in [-0.1, -0.05) is 11.3 Å². The van der Waals surface area contributed by atoms with Crippen LogP contribution in [0.25, 0.3) is 10.2 Å². The van der Waals surface area contributed by atoms with Gasteiger partial charge in [0.1, 0.15) is 11.3 Å². The highest BCUT2D eigenvalue weighted by atomic mass is 32.2. The molecule has 0 aliphatic carbocycles. The average molecular weight is 464 g/mol. The number of hydrogen-bond acceptors (Lipinski definition) is 6. The fraction of sp³-hybridized carbons (Fsp3) is 0.364. The van der Waals surface area contributed by atoms with Gasteiger partial charge in [0.05, 0.1) is 17.9 Å². The molecular weight excluding hydrogens is 440 g/mol. The van der Waals surface area contributed by atoms with Crippen molar-refractivity contribution >= 4 is 44.4 Å². The van der Waals surface area contributed by atoms with E-state index in [0.29, 0.717) is 35.2 Å². The molecule has 1 amide bonds. The third-order valence-electron chi connectivity index (χ3n) is 5.17. The molecule has 2 aromatic carbocycles. The highest BCUT2D eigenvalue weighted by Crippen LogP contribution is 2.32. The van der Waals surface area contributed by atoms with E-state index in [1.807, 2.05) is 18.4 Å². The van der Waals surface area contributed by atoms with E-state index in [2.05, 4.69) is 9.88 Å². The number of anilines is 1. The first kappa shape index (κ1) is 22.1. The summed E-state index contributed by atoms with van der Waals surface area (Å²) in [6.07, 6.45) is 2.71. The van der Waals surface area contributed by atoms with Crippen LogP contribution in [0.1, 0.15) is 16.8 Å². The fourth-order valence-electron chi connectivity index (χ4n) is 3.51. The number of morpholine rings is 1. The molecule has 5 nitrogen and oxygen atoms in total. The number of hydrogen-bond donors (Lipinski definition) is 0. The maximum absolute atomic E-state index is 14.2. The predicted molar refractivity (Wildman–Crippen MR) is 121 cm³/mol. The minimum atomic E-state index is -0.720. The number of halogens is 2. The van der Waals surface area contributed by atoms with Crippen molar-refractivity contribution in [2.45, 2.75) is 11.3 Å². The summed E-state index contributed by atoms with van der Waals surface area (Å²) in [5.41, 5.74) is 0.625. The largest absolute Gasteiger partial charge is 0.379 e. The molecule has 0 saturated carbocycles. The minimum absolute atomic E-state index is 0.0881. The number of benzene rings is 2. The van der Waals surface area contributed by atoms with Gasteiger partial charge in [0.25, 0.3) is 5.91 Å². The van der Waals surface area contributed by atoms with Gasteiger partial charge in [0.15, 0.2) is 10.9 Å². The number of fused-ring (bicyclic) bond motifs is 1. The van der Waals surface area contributed by atoms with E-state index in [1.54, 1.807) is 28.8 Å². The van der Waals surface area contributed by atoms with Crippen LogP contribution in [0.5, 0.6) is 0 Å². The van der Waals surface area contributed by atoms with Gasteiger partial charge in [0, 0.05) is 42.7 Å². The molecule has 1 aromatic heterocycles. The van der Waals surface area contributed by atoms with Crippen LogP contribution in [0.4, 0.5) is 13.9 Å². The van der Waals surface area contributed by atoms with Crippen molar-refractivity contribution in [3.05, 3.63) is 53.6 Å². The fourth-order valence-corrected chi connectivity index (χ4v) is 4.95. The summed E-state index contributed by atoms with van der Waals surface area (Å²) in [4.78, 5) is 22.6. The molecule has 1 saturated heterocycles. The number of carbonyl (C=O) groups is 1. The molecule has 0 bridgehead atoms. The lowest BCUT2D eigenvalue weighted by Gasteiger charge is -2.27. The molecule has 0 radical (unpaired) electrons. The quantitative estimate of drug-likeness (QED) is 0.477. The molecule has 2 heterocycles. The second-order valence-electron chi connectivity index (χ2n) is 7.22. The number of ether oxygens (including phenoxy) is 1. The average Bonchev–Trinajstić information content (AvgIpc) is 3.21. The number of amides is 1. The normalized spacial score (nSPS) is 14.8. The van der Waals surface area contributed by atoms with Crippen LogP contribution in [-0.2, 0) is 4.74 Å². The third kappa shape index (κ3) is 5.23. The summed E-state index contributed by atoms with van der Waals surface area (Å²) in [6.45, 7) is 4.43. The molecule has 1 fully saturated rings. The first-order valence-corrected chi connectivity index (χ1v) is 12.1. The minimum Gasteiger partial charge on any atom is -0.379 e. The Bertz CT molecular complexity index is 1050. The topological polar surface area (TPSA) is 45.7 Å². The Morgan fingerprint density at radius 3 is 2.68 bits per heavy atom. The van der Waals surface area contributed by atoms with Crippen molar-refractivity contribution in [2.75, 3.05) is 50.5 Å². The molecule has 9 heteroatoms. The van der Waals surface area contributed by atoms with Gasteiger partial charge in [-0.25, -0.2) is 13.8 Å². The highest BCUT2D eigenvalue weighted by molar-refractivity contribution is 7.98. The van der Waals surface area contributed by atoms with Crippen LogP contribution in [0.2, 0.25) is 0 Å². The molecule has 4 rings (SSSR count). The summed E-state index contributed by atoms with van der Waals surface area (Å²) in [6, 6.07) is 9.45. The van der Waals surface area contributed by atoms with Crippen molar-refractivity contribution in [2.24, 2.45) is 0 Å². The van der Waals surface area contributed by atoms with E-state index in [-0.39, 0.29) is 11.4 Å². The van der Waals surface area contributed by atoms with Crippen molar-refractivity contribution in [3.63, 3.8) is 0 Å². The molecule has 1 aliphatic rings. The summed E-state index contributed by atoms with van der Waals surface area (Å²) in [5.74, 6) is -1.57. The maximum atomic E-state index is 14.2. The molecular formula is C22H23F2N3O2S2. The Morgan fingerprint density at radius 1 is 1.23 bits per heavy atom. The van der Waals surface area contributed by atoms with Crippen LogP contribution in [0.3, 0.4) is 0 Å². The molecule has 31 heavy (non-hydrogen) atoms. The highest BCUT2D eigenvalue weighted by Gasteiger charge is 2.23. The van der Waals surface area contributed by atoms with Crippen LogP contribution in [-0.4, -0.2) is 61.4 Å². The SMILES string of the molecule is CSc1ccc(C(=O)N(CCCN2CCOCC2)c2nc3c(F)cc(F)cc3s2)cc1. The van der Waals surface area contributed by atoms with Gasteiger partial charge < -0.3 is 4.74 Å². The first-order chi connectivity index (χ1) is 15.0. The zero-order valence-corrected chi connectivity index (χ0v) is 18.8. The number of aromatic nitrogens is 1. The van der Waals surface area contributed by atoms with Crippen LogP contribution in [0, 0.1) is 11.6 Å². The van der Waals surface area contributed by atoms with Gasteiger partial charge in [-0.3, -0.25) is 14.6 Å². The van der Waals surface area contributed by atoms with Crippen molar-refractivity contribution < 1.29 is 18.3 Å². The second kappa shape index (κ2) is 10.0. The third-order valence-corrected chi connectivity index (χ3v) is 6.94. The van der Waals surface area contributed by atoms with Gasteiger partial charge >= 0.3 is 0 Å². The van der Waals surface area contributed by atoms with Crippen LogP contribution < -0.4 is 4.90 Å². The van der Waals surface area contributed by atoms with Gasteiger partial charge in [-0.05, 0) is 43.0 Å². The smallest absolute Gasteiger partial charge is 0.260 e. The van der Waals surface area contributed by atoms with Crippen LogP contribution in [0.15, 0.2) is 41.3 Å². The van der Waals surface area contributed by atoms with Crippen molar-refractivity contribution in [1.82, 2.24) is 9.88 Å². The standard InChI is InChI=1S/C22H23F2N3O2S2/c1-30-17-5-3-15(4-6-17)21(28)27(8-2-7-26-9-11-29-12-10-26)22-25-20-18(24)13-16(23)14-19(20)31-22/h3-6,13-14H,2,7-12H2,1H3. The lowest BCUT2D eigenvalue weighted by atomic mass is 10.2. The Kier molecular flexibility index (Phi) is 7.16. The van der Waals surface area contributed by atoms with E-state index in [0.717, 1.165) is 48.4 Å². The summed E-state index contributed by atoms with van der Waals surface area (Å²) in [7, 11) is 0. The number of rotatable bonds is 7. The Balaban J connectivity index is 1.59. The van der Waals surface area contributed by atoms with Crippen molar-refractivity contribution in [1.29, 1.82) is 0 Å². The van der Waals surface area contributed by atoms with E-state index in [4.69, 9.17) is 4.74 Å². The number of thioether (sulfide) groups is 1. The van der Waals surface area contributed by atoms with E-state index in [1.165, 1.54) is 6.07 Å². The molecule has 0 spiro atoms. The maximum Gasteiger partial charge on any atom is 0.260 e. The molecule has 3 aromatic rings. The summed E-state index contributed by atoms with van der Waals surface area (Å²) >= 11 is 2.73. The van der Waals surface area contributed by atoms with E-state index >= 15 is 0 Å². The lowest BCUT2D eigenvalue weighted by molar-refractivity contribution is 0.0376. The molecule has 0 N–H and O–H groups in total. The monoisotopic (exact) mass is 463 g/mol. The molecule has 1 aliphatic heterocycles. The van der Waals surface area contributed by atoms with Gasteiger partial charge in [-0.2, -0.15) is 0 Å².